The first kappa shape index (κ1) is 15.1. The normalized spacial score (nSPS) is 11.5. The monoisotopic (exact) mass is 313 g/mol. The van der Waals surface area contributed by atoms with Gasteiger partial charge in [0.05, 0.1) is 27.8 Å². The Morgan fingerprint density at radius 3 is 2.81 bits per heavy atom. The van der Waals surface area contributed by atoms with Crippen molar-refractivity contribution in [2.45, 2.75) is 0 Å². The molecule has 0 fully saturated rings. The summed E-state index contributed by atoms with van der Waals surface area (Å²) in [5.41, 5.74) is -0.332. The van der Waals surface area contributed by atoms with Crippen LogP contribution in [0.25, 0.3) is 10.9 Å². The van der Waals surface area contributed by atoms with Crippen LogP contribution in [0.1, 0.15) is 0 Å². The molecule has 0 bridgehead atoms. The van der Waals surface area contributed by atoms with E-state index in [0.717, 1.165) is 12.3 Å². The second-order valence-corrected chi connectivity index (χ2v) is 6.73. The zero-order valence-corrected chi connectivity index (χ0v) is 11.9. The Morgan fingerprint density at radius 1 is 1.48 bits per heavy atom. The van der Waals surface area contributed by atoms with Gasteiger partial charge in [-0.2, -0.15) is 0 Å². The van der Waals surface area contributed by atoms with Crippen LogP contribution in [0.4, 0.5) is 15.8 Å². The topological polar surface area (TPSA) is 102 Å². The number of sulfone groups is 1. The highest BCUT2D eigenvalue weighted by Crippen LogP contribution is 2.32. The summed E-state index contributed by atoms with van der Waals surface area (Å²) in [5, 5.41) is 13.8. The predicted molar refractivity (Wildman–Crippen MR) is 76.6 cm³/mol. The zero-order valence-electron chi connectivity index (χ0n) is 11.0. The zero-order chi connectivity index (χ0) is 15.6. The van der Waals surface area contributed by atoms with E-state index in [1.807, 2.05) is 0 Å². The van der Waals surface area contributed by atoms with Gasteiger partial charge in [-0.25, -0.2) is 12.8 Å². The number of nitrogens with one attached hydrogen (secondary N) is 1. The van der Waals surface area contributed by atoms with Gasteiger partial charge in [0.2, 0.25) is 0 Å². The number of hydrogen-bond acceptors (Lipinski definition) is 6. The minimum absolute atomic E-state index is 0.0146. The van der Waals surface area contributed by atoms with Crippen LogP contribution in [-0.4, -0.2) is 36.9 Å². The van der Waals surface area contributed by atoms with Crippen molar-refractivity contribution in [1.29, 1.82) is 0 Å². The highest BCUT2D eigenvalue weighted by molar-refractivity contribution is 7.90. The maximum Gasteiger partial charge on any atom is 0.281 e. The van der Waals surface area contributed by atoms with E-state index in [1.165, 1.54) is 18.3 Å². The van der Waals surface area contributed by atoms with Crippen molar-refractivity contribution in [3.8, 4) is 0 Å². The molecule has 2 aromatic rings. The van der Waals surface area contributed by atoms with Crippen LogP contribution in [0.5, 0.6) is 0 Å². The number of nitrogens with zero attached hydrogens (tertiary/aromatic N) is 2. The lowest BCUT2D eigenvalue weighted by Gasteiger charge is -2.10. The molecule has 0 aliphatic rings. The van der Waals surface area contributed by atoms with Crippen molar-refractivity contribution < 1.29 is 17.7 Å². The lowest BCUT2D eigenvalue weighted by atomic mass is 10.1. The summed E-state index contributed by atoms with van der Waals surface area (Å²) >= 11 is 0. The first-order valence-corrected chi connectivity index (χ1v) is 7.99. The third-order valence-electron chi connectivity index (χ3n) is 2.79. The van der Waals surface area contributed by atoms with Gasteiger partial charge in [-0.15, -0.1) is 0 Å². The Hall–Kier alpha value is -2.29. The number of fused-ring (bicyclic) bond motifs is 1. The first-order chi connectivity index (χ1) is 9.79. The van der Waals surface area contributed by atoms with Gasteiger partial charge in [0.15, 0.2) is 5.82 Å². The highest BCUT2D eigenvalue weighted by atomic mass is 32.2. The summed E-state index contributed by atoms with van der Waals surface area (Å²) in [7, 11) is -3.20. The van der Waals surface area contributed by atoms with Crippen LogP contribution in [0.15, 0.2) is 24.4 Å². The number of halogens is 1. The van der Waals surface area contributed by atoms with Crippen LogP contribution in [0.3, 0.4) is 0 Å². The molecule has 7 nitrogen and oxygen atoms in total. The van der Waals surface area contributed by atoms with E-state index in [0.29, 0.717) is 0 Å². The highest BCUT2D eigenvalue weighted by Gasteiger charge is 2.19. The summed E-state index contributed by atoms with van der Waals surface area (Å²) in [4.78, 5) is 14.2. The van der Waals surface area contributed by atoms with Gasteiger partial charge in [-0.3, -0.25) is 15.1 Å². The number of nitro groups is 1. The van der Waals surface area contributed by atoms with Crippen LogP contribution >= 0.6 is 0 Å². The van der Waals surface area contributed by atoms with Gasteiger partial charge in [0.25, 0.3) is 5.69 Å². The molecule has 0 saturated carbocycles. The molecule has 1 aromatic carbocycles. The van der Waals surface area contributed by atoms with E-state index in [9.17, 15) is 22.9 Å². The summed E-state index contributed by atoms with van der Waals surface area (Å²) < 4.78 is 36.2. The number of anilines is 1. The van der Waals surface area contributed by atoms with Crippen LogP contribution in [0, 0.1) is 15.9 Å². The summed E-state index contributed by atoms with van der Waals surface area (Å²) in [6, 6.07) is 3.77. The predicted octanol–water partition coefficient (Wildman–Crippen LogP) is 1.74. The number of hydrogen-bond donors (Lipinski definition) is 1. The third kappa shape index (κ3) is 3.43. The summed E-state index contributed by atoms with van der Waals surface area (Å²) in [6.07, 6.45) is 2.45. The minimum Gasteiger partial charge on any atom is -0.380 e. The van der Waals surface area contributed by atoms with E-state index in [2.05, 4.69) is 10.3 Å². The van der Waals surface area contributed by atoms with Crippen LogP contribution < -0.4 is 5.32 Å². The second kappa shape index (κ2) is 5.60. The molecule has 112 valence electrons. The number of benzene rings is 1. The van der Waals surface area contributed by atoms with E-state index in [4.69, 9.17) is 0 Å². The Bertz CT molecular complexity index is 807. The molecule has 1 N–H and O–H groups in total. The quantitative estimate of drug-likeness (QED) is 0.666. The van der Waals surface area contributed by atoms with Gasteiger partial charge in [0, 0.05) is 19.0 Å². The average Bonchev–Trinajstić information content (AvgIpc) is 2.39. The van der Waals surface area contributed by atoms with Crippen molar-refractivity contribution >= 4 is 32.1 Å². The molecule has 0 amide bonds. The largest absolute Gasteiger partial charge is 0.380 e. The molecule has 21 heavy (non-hydrogen) atoms. The van der Waals surface area contributed by atoms with Crippen LogP contribution in [-0.2, 0) is 9.84 Å². The van der Waals surface area contributed by atoms with Crippen molar-refractivity contribution in [1.82, 2.24) is 4.98 Å². The van der Waals surface area contributed by atoms with Crippen molar-refractivity contribution in [2.24, 2.45) is 0 Å². The molecule has 0 spiro atoms. The molecular weight excluding hydrogens is 301 g/mol. The van der Waals surface area contributed by atoms with E-state index < -0.39 is 20.6 Å². The fraction of sp³-hybridized carbons (Fsp3) is 0.250. The van der Waals surface area contributed by atoms with Crippen molar-refractivity contribution in [3.63, 3.8) is 0 Å². The molecule has 0 aliphatic carbocycles. The van der Waals surface area contributed by atoms with Gasteiger partial charge in [-0.05, 0) is 12.1 Å². The standard InChI is InChI=1S/C12H12FN3O4S/c1-21(19,20)6-5-15-12-9(13)7-10(16(17)18)8-3-2-4-14-11(8)12/h2-4,7,15H,5-6H2,1H3. The number of aromatic nitrogens is 1. The van der Waals surface area contributed by atoms with Gasteiger partial charge < -0.3 is 5.32 Å². The Balaban J connectivity index is 2.47. The van der Waals surface area contributed by atoms with Crippen molar-refractivity contribution in [3.05, 3.63) is 40.3 Å². The Kier molecular flexibility index (Phi) is 4.03. The van der Waals surface area contributed by atoms with Crippen LogP contribution in [0.2, 0.25) is 0 Å². The lowest BCUT2D eigenvalue weighted by molar-refractivity contribution is -0.383. The minimum atomic E-state index is -3.20. The van der Waals surface area contributed by atoms with E-state index >= 15 is 0 Å². The molecule has 0 radical (unpaired) electrons. The molecule has 1 heterocycles. The molecule has 0 atom stereocenters. The number of rotatable bonds is 5. The maximum absolute atomic E-state index is 14.0. The second-order valence-electron chi connectivity index (χ2n) is 4.47. The molecule has 0 unspecified atom stereocenters. The fourth-order valence-electron chi connectivity index (χ4n) is 1.87. The van der Waals surface area contributed by atoms with E-state index in [1.54, 1.807) is 0 Å². The third-order valence-corrected chi connectivity index (χ3v) is 3.74. The maximum atomic E-state index is 14.0. The molecule has 0 saturated heterocycles. The summed E-state index contributed by atoms with van der Waals surface area (Å²) in [6.45, 7) is -0.0146. The number of non-ortho nitro benzene ring substituents is 1. The number of nitro benzene ring substituents is 1. The van der Waals surface area contributed by atoms with Gasteiger partial charge in [0.1, 0.15) is 15.4 Å². The molecular formula is C12H12FN3O4S. The average molecular weight is 313 g/mol. The number of pyridine rings is 1. The molecule has 9 heteroatoms. The summed E-state index contributed by atoms with van der Waals surface area (Å²) in [5.74, 6) is -1.03. The van der Waals surface area contributed by atoms with Gasteiger partial charge in [-0.1, -0.05) is 0 Å². The molecule has 2 rings (SSSR count). The van der Waals surface area contributed by atoms with Gasteiger partial charge >= 0.3 is 0 Å². The van der Waals surface area contributed by atoms with E-state index in [-0.39, 0.29) is 34.6 Å². The van der Waals surface area contributed by atoms with Crippen molar-refractivity contribution in [2.75, 3.05) is 23.9 Å². The smallest absolute Gasteiger partial charge is 0.281 e. The lowest BCUT2D eigenvalue weighted by Crippen LogP contribution is -2.15. The SMILES string of the molecule is CS(=O)(=O)CCNc1c(F)cc([N+](=O)[O-])c2cccnc12. The molecule has 1 aromatic heterocycles. The first-order valence-electron chi connectivity index (χ1n) is 5.93. The Labute approximate surface area is 119 Å². The molecule has 0 aliphatic heterocycles. The Morgan fingerprint density at radius 2 is 2.19 bits per heavy atom. The fourth-order valence-corrected chi connectivity index (χ4v) is 2.35.